The lowest BCUT2D eigenvalue weighted by Gasteiger charge is -2.46. The quantitative estimate of drug-likeness (QED) is 0.752. The molecule has 0 bridgehead atoms. The number of carbonyl (C=O) groups is 1. The minimum absolute atomic E-state index is 0.198. The van der Waals surface area contributed by atoms with E-state index in [1.54, 1.807) is 6.08 Å². The molecule has 3 heterocycles. The number of likely N-dealkylation sites (N-methyl/N-ethyl adjacent to an activating group) is 1. The fourth-order valence-electron chi connectivity index (χ4n) is 4.99. The van der Waals surface area contributed by atoms with Crippen LogP contribution in [0.4, 0.5) is 4.39 Å². The van der Waals surface area contributed by atoms with Gasteiger partial charge in [0.05, 0.1) is 11.6 Å². The molecule has 3 aliphatic heterocycles. The summed E-state index contributed by atoms with van der Waals surface area (Å²) in [7, 11) is 1.93. The molecule has 0 aromatic rings. The molecule has 0 spiro atoms. The van der Waals surface area contributed by atoms with E-state index < -0.39 is 5.91 Å². The van der Waals surface area contributed by atoms with Crippen LogP contribution in [0, 0.1) is 0 Å². The number of hydrogen-bond donors (Lipinski definition) is 2. The number of primary amides is 1. The SMILES string of the molecule is CC1=C(F)C=CC2=CC(C(N)=O)=C(N3CCC(NC4CCOCC4)CC3)N(C)C21. The molecule has 1 atom stereocenters. The molecule has 1 aliphatic carbocycles. The maximum Gasteiger partial charge on any atom is 0.252 e. The van der Waals surface area contributed by atoms with E-state index in [-0.39, 0.29) is 11.9 Å². The molecular formula is C22H31FN4O2. The van der Waals surface area contributed by atoms with Crippen LogP contribution in [-0.4, -0.2) is 67.2 Å². The summed E-state index contributed by atoms with van der Waals surface area (Å²) in [6.07, 6.45) is 9.19. The second-order valence-electron chi connectivity index (χ2n) is 8.44. The highest BCUT2D eigenvalue weighted by Crippen LogP contribution is 2.37. The topological polar surface area (TPSA) is 70.8 Å². The van der Waals surface area contributed by atoms with Gasteiger partial charge in [0.15, 0.2) is 0 Å². The summed E-state index contributed by atoms with van der Waals surface area (Å²) in [6, 6.07) is 0.813. The molecule has 3 N–H and O–H groups in total. The van der Waals surface area contributed by atoms with Gasteiger partial charge in [-0.1, -0.05) is 6.08 Å². The molecule has 7 heteroatoms. The van der Waals surface area contributed by atoms with Crippen molar-refractivity contribution in [3.63, 3.8) is 0 Å². The predicted octanol–water partition coefficient (Wildman–Crippen LogP) is 1.97. The van der Waals surface area contributed by atoms with Crippen molar-refractivity contribution in [2.75, 3.05) is 33.4 Å². The van der Waals surface area contributed by atoms with Crippen molar-refractivity contribution in [3.8, 4) is 0 Å². The van der Waals surface area contributed by atoms with Crippen molar-refractivity contribution in [2.45, 2.75) is 50.7 Å². The number of halogens is 1. The Bertz CT molecular complexity index is 787. The van der Waals surface area contributed by atoms with Crippen molar-refractivity contribution in [2.24, 2.45) is 5.73 Å². The van der Waals surface area contributed by atoms with E-state index in [1.165, 1.54) is 6.08 Å². The molecule has 0 aromatic carbocycles. The Morgan fingerprint density at radius 2 is 1.83 bits per heavy atom. The summed E-state index contributed by atoms with van der Waals surface area (Å²) in [4.78, 5) is 16.5. The number of nitrogens with one attached hydrogen (secondary N) is 1. The Balaban J connectivity index is 1.51. The summed E-state index contributed by atoms with van der Waals surface area (Å²) in [5.74, 6) is 0.166. The first-order chi connectivity index (χ1) is 14.0. The van der Waals surface area contributed by atoms with Crippen LogP contribution < -0.4 is 11.1 Å². The average molecular weight is 403 g/mol. The summed E-state index contributed by atoms with van der Waals surface area (Å²) in [5, 5.41) is 3.78. The third-order valence-electron chi connectivity index (χ3n) is 6.55. The van der Waals surface area contributed by atoms with Crippen LogP contribution in [0.25, 0.3) is 0 Å². The first-order valence-corrected chi connectivity index (χ1v) is 10.6. The lowest BCUT2D eigenvalue weighted by atomic mass is 9.88. The Morgan fingerprint density at radius 1 is 1.17 bits per heavy atom. The van der Waals surface area contributed by atoms with E-state index in [9.17, 15) is 9.18 Å². The first kappa shape index (κ1) is 20.2. The van der Waals surface area contributed by atoms with E-state index in [0.717, 1.165) is 63.4 Å². The van der Waals surface area contributed by atoms with Crippen LogP contribution in [0.15, 0.2) is 46.6 Å². The van der Waals surface area contributed by atoms with Gasteiger partial charge < -0.3 is 25.6 Å². The fourth-order valence-corrected chi connectivity index (χ4v) is 4.99. The van der Waals surface area contributed by atoms with E-state index in [0.29, 0.717) is 23.2 Å². The van der Waals surface area contributed by atoms with Gasteiger partial charge >= 0.3 is 0 Å². The predicted molar refractivity (Wildman–Crippen MR) is 110 cm³/mol. The highest BCUT2D eigenvalue weighted by atomic mass is 19.1. The van der Waals surface area contributed by atoms with Crippen molar-refractivity contribution in [1.82, 2.24) is 15.1 Å². The fraction of sp³-hybridized carbons (Fsp3) is 0.591. The summed E-state index contributed by atoms with van der Waals surface area (Å²) >= 11 is 0. The number of nitrogens with zero attached hydrogens (tertiary/aromatic N) is 2. The van der Waals surface area contributed by atoms with Crippen LogP contribution >= 0.6 is 0 Å². The van der Waals surface area contributed by atoms with Crippen molar-refractivity contribution < 1.29 is 13.9 Å². The van der Waals surface area contributed by atoms with Gasteiger partial charge in [0, 0.05) is 45.4 Å². The highest BCUT2D eigenvalue weighted by Gasteiger charge is 2.36. The molecule has 0 saturated carbocycles. The summed E-state index contributed by atoms with van der Waals surface area (Å²) < 4.78 is 19.7. The molecule has 0 aromatic heterocycles. The molecule has 29 heavy (non-hydrogen) atoms. The number of hydrogen-bond acceptors (Lipinski definition) is 5. The molecule has 1 amide bonds. The zero-order chi connectivity index (χ0) is 20.5. The number of nitrogens with two attached hydrogens (primary N) is 1. The zero-order valence-electron chi connectivity index (χ0n) is 17.3. The molecule has 158 valence electrons. The largest absolute Gasteiger partial charge is 0.381 e. The number of rotatable bonds is 4. The van der Waals surface area contributed by atoms with E-state index in [1.807, 2.05) is 24.9 Å². The van der Waals surface area contributed by atoms with Crippen LogP contribution in [0.5, 0.6) is 0 Å². The van der Waals surface area contributed by atoms with Gasteiger partial charge in [-0.15, -0.1) is 0 Å². The van der Waals surface area contributed by atoms with Gasteiger partial charge in [0.25, 0.3) is 5.91 Å². The number of fused-ring (bicyclic) bond motifs is 1. The number of carbonyl (C=O) groups excluding carboxylic acids is 1. The van der Waals surface area contributed by atoms with Gasteiger partial charge in [0.2, 0.25) is 0 Å². The first-order valence-electron chi connectivity index (χ1n) is 10.6. The molecule has 0 radical (unpaired) electrons. The van der Waals surface area contributed by atoms with E-state index >= 15 is 0 Å². The lowest BCUT2D eigenvalue weighted by molar-refractivity contribution is -0.114. The smallest absolute Gasteiger partial charge is 0.252 e. The summed E-state index contributed by atoms with van der Waals surface area (Å²) in [5.41, 5.74) is 7.81. The third kappa shape index (κ3) is 3.98. The Kier molecular flexibility index (Phi) is 5.79. The standard InChI is InChI=1S/C22H31FN4O2/c1-14-19(23)4-3-15-13-18(21(24)28)22(26(2)20(14)15)27-9-5-16(6-10-27)25-17-7-11-29-12-8-17/h3-4,13,16-17,20,25H,5-12H2,1-2H3,(H2,24,28). The van der Waals surface area contributed by atoms with Crippen molar-refractivity contribution in [3.05, 3.63) is 46.6 Å². The minimum atomic E-state index is -0.443. The number of piperidine rings is 1. The van der Waals surface area contributed by atoms with Crippen LogP contribution in [-0.2, 0) is 9.53 Å². The Labute approximate surface area is 171 Å². The molecule has 4 rings (SSSR count). The van der Waals surface area contributed by atoms with Crippen molar-refractivity contribution in [1.29, 1.82) is 0 Å². The number of likely N-dealkylation sites (tertiary alicyclic amines) is 1. The Hall–Kier alpha value is -2.12. The van der Waals surface area contributed by atoms with Crippen LogP contribution in [0.1, 0.15) is 32.6 Å². The van der Waals surface area contributed by atoms with E-state index in [4.69, 9.17) is 10.5 Å². The van der Waals surface area contributed by atoms with Crippen LogP contribution in [0.2, 0.25) is 0 Å². The second-order valence-corrected chi connectivity index (χ2v) is 8.44. The van der Waals surface area contributed by atoms with Crippen molar-refractivity contribution >= 4 is 5.91 Å². The van der Waals surface area contributed by atoms with Crippen LogP contribution in [0.3, 0.4) is 0 Å². The number of allylic oxidation sites excluding steroid dienone is 2. The second kappa shape index (κ2) is 8.32. The van der Waals surface area contributed by atoms with Gasteiger partial charge in [-0.2, -0.15) is 0 Å². The zero-order valence-corrected chi connectivity index (χ0v) is 17.3. The van der Waals surface area contributed by atoms with Gasteiger partial charge in [-0.25, -0.2) is 4.39 Å². The molecule has 6 nitrogen and oxygen atoms in total. The normalized spacial score (nSPS) is 26.7. The third-order valence-corrected chi connectivity index (χ3v) is 6.55. The maximum atomic E-state index is 14.2. The number of amides is 1. The Morgan fingerprint density at radius 3 is 2.48 bits per heavy atom. The minimum Gasteiger partial charge on any atom is -0.381 e. The molecule has 1 unspecified atom stereocenters. The van der Waals surface area contributed by atoms with Gasteiger partial charge in [-0.3, -0.25) is 4.79 Å². The molecular weight excluding hydrogens is 371 g/mol. The number of ether oxygens (including phenoxy) is 1. The molecule has 2 saturated heterocycles. The monoisotopic (exact) mass is 402 g/mol. The summed E-state index contributed by atoms with van der Waals surface area (Å²) in [6.45, 7) is 5.17. The lowest BCUT2D eigenvalue weighted by Crippen LogP contribution is -2.51. The van der Waals surface area contributed by atoms with E-state index in [2.05, 4.69) is 10.2 Å². The average Bonchev–Trinajstić information content (AvgIpc) is 2.72. The molecule has 2 fully saturated rings. The molecule has 4 aliphatic rings. The van der Waals surface area contributed by atoms with Gasteiger partial charge in [0.1, 0.15) is 11.6 Å². The maximum absolute atomic E-state index is 14.2. The highest BCUT2D eigenvalue weighted by molar-refractivity contribution is 5.96. The van der Waals surface area contributed by atoms with Gasteiger partial charge in [-0.05, 0) is 55.9 Å².